The number of rotatable bonds is 5. The Kier molecular flexibility index (Phi) is 4.95. The number of nitrogens with zero attached hydrogens (tertiary/aromatic N) is 1. The zero-order valence-corrected chi connectivity index (χ0v) is 14.7. The molecule has 0 atom stereocenters. The number of hydrogen-bond acceptors (Lipinski definition) is 5. The van der Waals surface area contributed by atoms with Crippen LogP contribution in [0.1, 0.15) is 29.7 Å². The molecule has 0 amide bonds. The molecule has 2 aliphatic rings. The highest BCUT2D eigenvalue weighted by molar-refractivity contribution is 7.99. The van der Waals surface area contributed by atoms with Crippen molar-refractivity contribution >= 4 is 33.1 Å². The number of hydrogen-bond donors (Lipinski definition) is 1. The lowest BCUT2D eigenvalue weighted by Crippen LogP contribution is -2.34. The number of nitrogens with one attached hydrogen (secondary N) is 1. The van der Waals surface area contributed by atoms with Crippen molar-refractivity contribution in [3.63, 3.8) is 0 Å². The Labute approximate surface area is 135 Å². The molecule has 1 saturated heterocycles. The highest BCUT2D eigenvalue weighted by atomic mass is 32.2. The van der Waals surface area contributed by atoms with Crippen LogP contribution >= 0.6 is 23.1 Å². The summed E-state index contributed by atoms with van der Waals surface area (Å²) < 4.78 is 27.7. The summed E-state index contributed by atoms with van der Waals surface area (Å²) in [4.78, 5) is 1.53. The van der Waals surface area contributed by atoms with Gasteiger partial charge in [-0.1, -0.05) is 0 Å². The summed E-state index contributed by atoms with van der Waals surface area (Å²) in [5, 5.41) is 5.41. The summed E-state index contributed by atoms with van der Waals surface area (Å²) in [6, 6.07) is 0.595. The molecule has 1 N–H and O–H groups in total. The standard InChI is InChI=1S/C14H22N2O2S3/c1-11-10-20-13(9-15-12-3-4-12)14(11)21(17,18)16-5-2-7-19-8-6-16/h10,12,15H,2-9H2,1H3. The maximum absolute atomic E-state index is 13.0. The Morgan fingerprint density at radius 2 is 2.14 bits per heavy atom. The van der Waals surface area contributed by atoms with Crippen LogP contribution in [0.15, 0.2) is 10.3 Å². The molecular formula is C14H22N2O2S3. The Morgan fingerprint density at radius 1 is 1.33 bits per heavy atom. The van der Waals surface area contributed by atoms with E-state index in [1.54, 1.807) is 15.6 Å². The van der Waals surface area contributed by atoms with Gasteiger partial charge in [0, 0.05) is 36.3 Å². The van der Waals surface area contributed by atoms with Crippen molar-refractivity contribution in [1.82, 2.24) is 9.62 Å². The second kappa shape index (κ2) is 6.58. The maximum Gasteiger partial charge on any atom is 0.244 e. The van der Waals surface area contributed by atoms with Crippen molar-refractivity contribution in [1.29, 1.82) is 0 Å². The summed E-state index contributed by atoms with van der Waals surface area (Å²) in [6.45, 7) is 3.88. The molecule has 3 rings (SSSR count). The van der Waals surface area contributed by atoms with Gasteiger partial charge in [-0.2, -0.15) is 16.1 Å². The van der Waals surface area contributed by atoms with Crippen LogP contribution in [0.2, 0.25) is 0 Å². The number of thiophene rings is 1. The SMILES string of the molecule is Cc1csc(CNC2CC2)c1S(=O)(=O)N1CCCSCC1. The van der Waals surface area contributed by atoms with Gasteiger partial charge in [-0.25, -0.2) is 8.42 Å². The van der Waals surface area contributed by atoms with Crippen LogP contribution in [0.4, 0.5) is 0 Å². The van der Waals surface area contributed by atoms with E-state index in [-0.39, 0.29) is 0 Å². The third kappa shape index (κ3) is 3.64. The van der Waals surface area contributed by atoms with Gasteiger partial charge in [0.2, 0.25) is 10.0 Å². The van der Waals surface area contributed by atoms with Crippen LogP contribution in [-0.2, 0) is 16.6 Å². The van der Waals surface area contributed by atoms with Crippen LogP contribution in [0.25, 0.3) is 0 Å². The van der Waals surface area contributed by atoms with Crippen molar-refractivity contribution < 1.29 is 8.42 Å². The number of aryl methyl sites for hydroxylation is 1. The molecule has 1 saturated carbocycles. The van der Waals surface area contributed by atoms with Gasteiger partial charge in [0.1, 0.15) is 4.90 Å². The summed E-state index contributed by atoms with van der Waals surface area (Å²) in [7, 11) is -3.34. The van der Waals surface area contributed by atoms with Gasteiger partial charge in [0.25, 0.3) is 0 Å². The molecule has 0 unspecified atom stereocenters. The van der Waals surface area contributed by atoms with Crippen molar-refractivity contribution in [3.8, 4) is 0 Å². The third-order valence-electron chi connectivity index (χ3n) is 3.90. The van der Waals surface area contributed by atoms with Crippen LogP contribution in [0.3, 0.4) is 0 Å². The van der Waals surface area contributed by atoms with E-state index >= 15 is 0 Å². The number of sulfonamides is 1. The molecule has 1 aromatic rings. The predicted octanol–water partition coefficient (Wildman–Crippen LogP) is 2.44. The molecule has 2 fully saturated rings. The van der Waals surface area contributed by atoms with Gasteiger partial charge in [-0.15, -0.1) is 11.3 Å². The van der Waals surface area contributed by atoms with Crippen molar-refractivity contribution in [2.45, 2.75) is 43.7 Å². The fourth-order valence-corrected chi connectivity index (χ4v) is 6.77. The minimum absolute atomic E-state index is 0.563. The smallest absolute Gasteiger partial charge is 0.244 e. The first kappa shape index (κ1) is 15.8. The van der Waals surface area contributed by atoms with Crippen LogP contribution in [-0.4, -0.2) is 43.4 Å². The van der Waals surface area contributed by atoms with Gasteiger partial charge in [0.15, 0.2) is 0 Å². The van der Waals surface area contributed by atoms with E-state index in [0.717, 1.165) is 28.4 Å². The van der Waals surface area contributed by atoms with E-state index in [4.69, 9.17) is 0 Å². The molecule has 1 aromatic heterocycles. The Balaban J connectivity index is 1.84. The zero-order valence-electron chi connectivity index (χ0n) is 12.3. The average Bonchev–Trinajstić information content (AvgIpc) is 3.23. The van der Waals surface area contributed by atoms with E-state index in [1.807, 2.05) is 24.1 Å². The third-order valence-corrected chi connectivity index (χ3v) is 8.31. The lowest BCUT2D eigenvalue weighted by molar-refractivity contribution is 0.434. The quantitative estimate of drug-likeness (QED) is 0.890. The first-order chi connectivity index (χ1) is 10.1. The molecule has 118 valence electrons. The Bertz CT molecular complexity index is 585. The van der Waals surface area contributed by atoms with Gasteiger partial charge >= 0.3 is 0 Å². The van der Waals surface area contributed by atoms with Gasteiger partial charge in [-0.05, 0) is 42.9 Å². The molecule has 2 heterocycles. The zero-order chi connectivity index (χ0) is 14.9. The summed E-state index contributed by atoms with van der Waals surface area (Å²) >= 11 is 3.42. The molecule has 4 nitrogen and oxygen atoms in total. The topological polar surface area (TPSA) is 49.4 Å². The van der Waals surface area contributed by atoms with Gasteiger partial charge < -0.3 is 5.32 Å². The van der Waals surface area contributed by atoms with Crippen LogP contribution in [0.5, 0.6) is 0 Å². The predicted molar refractivity (Wildman–Crippen MR) is 89.6 cm³/mol. The summed E-state index contributed by atoms with van der Waals surface area (Å²) in [6.07, 6.45) is 3.38. The molecule has 0 spiro atoms. The van der Waals surface area contributed by atoms with Crippen LogP contribution < -0.4 is 5.32 Å². The van der Waals surface area contributed by atoms with Gasteiger partial charge in [-0.3, -0.25) is 0 Å². The molecular weight excluding hydrogens is 324 g/mol. The normalized spacial score (nSPS) is 21.4. The van der Waals surface area contributed by atoms with E-state index in [9.17, 15) is 8.42 Å². The minimum Gasteiger partial charge on any atom is -0.309 e. The average molecular weight is 347 g/mol. The molecule has 7 heteroatoms. The van der Waals surface area contributed by atoms with Crippen molar-refractivity contribution in [2.24, 2.45) is 0 Å². The van der Waals surface area contributed by atoms with E-state index in [1.165, 1.54) is 12.8 Å². The molecule has 1 aliphatic heterocycles. The molecule has 21 heavy (non-hydrogen) atoms. The van der Waals surface area contributed by atoms with Crippen molar-refractivity contribution in [2.75, 3.05) is 24.6 Å². The Morgan fingerprint density at radius 3 is 2.90 bits per heavy atom. The summed E-state index contributed by atoms with van der Waals surface area (Å²) in [5.41, 5.74) is 0.893. The van der Waals surface area contributed by atoms with Crippen molar-refractivity contribution in [3.05, 3.63) is 15.8 Å². The first-order valence-corrected chi connectivity index (χ1v) is 10.9. The molecule has 1 aliphatic carbocycles. The van der Waals surface area contributed by atoms with E-state index in [2.05, 4.69) is 5.32 Å². The maximum atomic E-state index is 13.0. The number of thioether (sulfide) groups is 1. The van der Waals surface area contributed by atoms with E-state index in [0.29, 0.717) is 30.6 Å². The molecule has 0 bridgehead atoms. The second-order valence-electron chi connectivity index (χ2n) is 5.70. The molecule has 0 aromatic carbocycles. The molecule has 0 radical (unpaired) electrons. The second-order valence-corrected chi connectivity index (χ2v) is 9.76. The minimum atomic E-state index is -3.34. The fraction of sp³-hybridized carbons (Fsp3) is 0.714. The lowest BCUT2D eigenvalue weighted by Gasteiger charge is -2.20. The fourth-order valence-electron chi connectivity index (χ4n) is 2.57. The highest BCUT2D eigenvalue weighted by Crippen LogP contribution is 2.31. The van der Waals surface area contributed by atoms with E-state index < -0.39 is 10.0 Å². The monoisotopic (exact) mass is 346 g/mol. The van der Waals surface area contributed by atoms with Gasteiger partial charge in [0.05, 0.1) is 0 Å². The largest absolute Gasteiger partial charge is 0.309 e. The Hall–Kier alpha value is -0.0800. The first-order valence-electron chi connectivity index (χ1n) is 7.47. The van der Waals surface area contributed by atoms with Crippen LogP contribution in [0, 0.1) is 6.92 Å². The summed E-state index contributed by atoms with van der Waals surface area (Å²) in [5.74, 6) is 1.96. The lowest BCUT2D eigenvalue weighted by atomic mass is 10.3. The highest BCUT2D eigenvalue weighted by Gasteiger charge is 2.31.